The number of benzene rings is 1. The van der Waals surface area contributed by atoms with Crippen molar-refractivity contribution in [2.24, 2.45) is 17.3 Å². The largest absolute Gasteiger partial charge is 0.0654 e. The van der Waals surface area contributed by atoms with E-state index in [4.69, 9.17) is 0 Å². The van der Waals surface area contributed by atoms with Gasteiger partial charge in [0.05, 0.1) is 0 Å². The van der Waals surface area contributed by atoms with E-state index in [1.807, 2.05) is 0 Å². The first-order valence-corrected chi connectivity index (χ1v) is 8.09. The van der Waals surface area contributed by atoms with Gasteiger partial charge in [0.1, 0.15) is 0 Å². The molecule has 0 aromatic heterocycles. The summed E-state index contributed by atoms with van der Waals surface area (Å²) in [5, 5.41) is 0. The lowest BCUT2D eigenvalue weighted by molar-refractivity contribution is 0.116. The van der Waals surface area contributed by atoms with Crippen LogP contribution in [0.15, 0.2) is 30.3 Å². The van der Waals surface area contributed by atoms with Crippen molar-refractivity contribution in [1.82, 2.24) is 0 Å². The molecule has 1 rings (SSSR count). The smallest absolute Gasteiger partial charge is 0.0248 e. The Kier molecular flexibility index (Phi) is 6.62. The monoisotopic (exact) mass is 260 g/mol. The fraction of sp³-hybridized carbons (Fsp3) is 0.684. The zero-order chi connectivity index (χ0) is 14.3. The van der Waals surface area contributed by atoms with Gasteiger partial charge in [-0.3, -0.25) is 0 Å². The molecule has 108 valence electrons. The number of rotatable bonds is 8. The van der Waals surface area contributed by atoms with Crippen LogP contribution in [0.5, 0.6) is 0 Å². The molecule has 1 aromatic carbocycles. The van der Waals surface area contributed by atoms with Gasteiger partial charge in [-0.05, 0) is 35.7 Å². The highest BCUT2D eigenvalue weighted by Gasteiger charge is 2.32. The highest BCUT2D eigenvalue weighted by atomic mass is 14.4. The van der Waals surface area contributed by atoms with Crippen LogP contribution in [0.4, 0.5) is 0 Å². The molecule has 0 N–H and O–H groups in total. The first-order valence-electron chi connectivity index (χ1n) is 8.09. The van der Waals surface area contributed by atoms with Crippen molar-refractivity contribution in [3.63, 3.8) is 0 Å². The molecule has 0 heterocycles. The summed E-state index contributed by atoms with van der Waals surface area (Å²) in [6.07, 6.45) is 6.48. The van der Waals surface area contributed by atoms with Gasteiger partial charge < -0.3 is 0 Å². The maximum absolute atomic E-state index is 2.47. The molecule has 0 heteroatoms. The number of hydrogen-bond acceptors (Lipinski definition) is 0. The Morgan fingerprint density at radius 1 is 0.947 bits per heavy atom. The van der Waals surface area contributed by atoms with Crippen LogP contribution in [0, 0.1) is 17.3 Å². The molecule has 0 nitrogen and oxygen atoms in total. The molecule has 19 heavy (non-hydrogen) atoms. The maximum Gasteiger partial charge on any atom is -0.0248 e. The Balaban J connectivity index is 2.81. The van der Waals surface area contributed by atoms with Crippen LogP contribution >= 0.6 is 0 Å². The Morgan fingerprint density at radius 3 is 2.05 bits per heavy atom. The van der Waals surface area contributed by atoms with Gasteiger partial charge in [0.25, 0.3) is 0 Å². The first-order chi connectivity index (χ1) is 9.05. The van der Waals surface area contributed by atoms with Crippen LogP contribution in [0.1, 0.15) is 65.9 Å². The first kappa shape index (κ1) is 16.3. The molecule has 0 aliphatic rings. The summed E-state index contributed by atoms with van der Waals surface area (Å²) >= 11 is 0. The lowest BCUT2D eigenvalue weighted by Gasteiger charge is -2.39. The zero-order valence-electron chi connectivity index (χ0n) is 13.6. The molecule has 2 atom stereocenters. The average molecular weight is 260 g/mol. The van der Waals surface area contributed by atoms with Crippen molar-refractivity contribution >= 4 is 0 Å². The third kappa shape index (κ3) is 4.67. The molecular weight excluding hydrogens is 228 g/mol. The SMILES string of the molecule is CCCC(C)(C)C(CC)C(CC)Cc1ccccc1. The molecule has 0 fully saturated rings. The van der Waals surface area contributed by atoms with Gasteiger partial charge in [0, 0.05) is 0 Å². The quantitative estimate of drug-likeness (QED) is 0.529. The topological polar surface area (TPSA) is 0 Å². The second-order valence-corrected chi connectivity index (χ2v) is 6.61. The molecular formula is C19H32. The van der Waals surface area contributed by atoms with Crippen molar-refractivity contribution in [3.8, 4) is 0 Å². The van der Waals surface area contributed by atoms with Crippen LogP contribution in [0.3, 0.4) is 0 Å². The molecule has 0 saturated carbocycles. The Bertz CT molecular complexity index is 336. The minimum Gasteiger partial charge on any atom is -0.0654 e. The summed E-state index contributed by atoms with van der Waals surface area (Å²) in [5.74, 6) is 1.65. The van der Waals surface area contributed by atoms with E-state index in [1.165, 1.54) is 37.7 Å². The van der Waals surface area contributed by atoms with E-state index in [2.05, 4.69) is 65.0 Å². The highest BCUT2D eigenvalue weighted by molar-refractivity contribution is 5.15. The number of hydrogen-bond donors (Lipinski definition) is 0. The van der Waals surface area contributed by atoms with Crippen LogP contribution in [0.2, 0.25) is 0 Å². The average Bonchev–Trinajstić information content (AvgIpc) is 2.39. The Morgan fingerprint density at radius 2 is 1.58 bits per heavy atom. The zero-order valence-corrected chi connectivity index (χ0v) is 13.6. The lowest BCUT2D eigenvalue weighted by Crippen LogP contribution is -2.31. The molecule has 0 amide bonds. The van der Waals surface area contributed by atoms with E-state index in [-0.39, 0.29) is 0 Å². The molecule has 1 aromatic rings. The van der Waals surface area contributed by atoms with E-state index in [0.717, 1.165) is 11.8 Å². The van der Waals surface area contributed by atoms with Crippen LogP contribution in [-0.4, -0.2) is 0 Å². The summed E-state index contributed by atoms with van der Waals surface area (Å²) in [7, 11) is 0. The van der Waals surface area contributed by atoms with Gasteiger partial charge in [-0.15, -0.1) is 0 Å². The second-order valence-electron chi connectivity index (χ2n) is 6.61. The van der Waals surface area contributed by atoms with Gasteiger partial charge in [0.2, 0.25) is 0 Å². The highest BCUT2D eigenvalue weighted by Crippen LogP contribution is 2.41. The van der Waals surface area contributed by atoms with Crippen LogP contribution in [-0.2, 0) is 6.42 Å². The summed E-state index contributed by atoms with van der Waals surface area (Å²) in [5.41, 5.74) is 1.97. The Hall–Kier alpha value is -0.780. The van der Waals surface area contributed by atoms with Gasteiger partial charge in [0.15, 0.2) is 0 Å². The van der Waals surface area contributed by atoms with E-state index < -0.39 is 0 Å². The van der Waals surface area contributed by atoms with Crippen molar-refractivity contribution < 1.29 is 0 Å². The Labute approximate surface area is 120 Å². The summed E-state index contributed by atoms with van der Waals surface area (Å²) < 4.78 is 0. The molecule has 0 spiro atoms. The van der Waals surface area contributed by atoms with Crippen LogP contribution < -0.4 is 0 Å². The fourth-order valence-electron chi connectivity index (χ4n) is 3.84. The van der Waals surface area contributed by atoms with Crippen molar-refractivity contribution in [1.29, 1.82) is 0 Å². The van der Waals surface area contributed by atoms with Gasteiger partial charge in [-0.1, -0.05) is 84.2 Å². The van der Waals surface area contributed by atoms with Gasteiger partial charge >= 0.3 is 0 Å². The summed E-state index contributed by atoms with van der Waals surface area (Å²) in [6.45, 7) is 12.0. The molecule has 0 radical (unpaired) electrons. The van der Waals surface area contributed by atoms with Gasteiger partial charge in [-0.2, -0.15) is 0 Å². The third-order valence-electron chi connectivity index (χ3n) is 4.77. The minimum absolute atomic E-state index is 0.471. The molecule has 0 saturated heterocycles. The molecule has 0 bridgehead atoms. The standard InChI is InChI=1S/C19H32/c1-6-14-19(4,5)18(8-3)17(7-2)15-16-12-10-9-11-13-16/h9-13,17-18H,6-8,14-15H2,1-5H3. The van der Waals surface area contributed by atoms with Gasteiger partial charge in [-0.25, -0.2) is 0 Å². The van der Waals surface area contributed by atoms with E-state index in [0.29, 0.717) is 5.41 Å². The van der Waals surface area contributed by atoms with E-state index >= 15 is 0 Å². The van der Waals surface area contributed by atoms with Crippen molar-refractivity contribution in [3.05, 3.63) is 35.9 Å². The lowest BCUT2D eigenvalue weighted by atomic mass is 9.66. The molecule has 0 aliphatic heterocycles. The van der Waals surface area contributed by atoms with E-state index in [9.17, 15) is 0 Å². The summed E-state index contributed by atoms with van der Waals surface area (Å²) in [4.78, 5) is 0. The van der Waals surface area contributed by atoms with Crippen molar-refractivity contribution in [2.75, 3.05) is 0 Å². The molecule has 0 aliphatic carbocycles. The third-order valence-corrected chi connectivity index (χ3v) is 4.77. The molecule has 2 unspecified atom stereocenters. The van der Waals surface area contributed by atoms with E-state index in [1.54, 1.807) is 0 Å². The predicted molar refractivity (Wildman–Crippen MR) is 86.4 cm³/mol. The normalized spacial score (nSPS) is 15.2. The van der Waals surface area contributed by atoms with Crippen LogP contribution in [0.25, 0.3) is 0 Å². The predicted octanol–water partition coefficient (Wildman–Crippen LogP) is 6.11. The minimum atomic E-state index is 0.471. The van der Waals surface area contributed by atoms with Crippen molar-refractivity contribution in [2.45, 2.75) is 66.7 Å². The fourth-order valence-corrected chi connectivity index (χ4v) is 3.84. The second kappa shape index (κ2) is 7.72. The summed E-state index contributed by atoms with van der Waals surface area (Å²) in [6, 6.07) is 11.0. The maximum atomic E-state index is 2.47.